The molecule has 312 valence electrons. The second-order valence-corrected chi connectivity index (χ2v) is 16.8. The molecule has 0 radical (unpaired) electrons. The highest BCUT2D eigenvalue weighted by Gasteiger charge is 2.35. The predicted molar refractivity (Wildman–Crippen MR) is 229 cm³/mol. The number of carbonyl (C=O) groups is 2. The molecule has 0 aromatic rings. The van der Waals surface area contributed by atoms with E-state index in [-0.39, 0.29) is 5.97 Å². The Labute approximate surface area is 327 Å². The van der Waals surface area contributed by atoms with Crippen LogP contribution in [0.15, 0.2) is 0 Å². The van der Waals surface area contributed by atoms with Gasteiger partial charge in [0.15, 0.2) is 0 Å². The number of hydrogen-bond acceptors (Lipinski definition) is 3. The molecule has 52 heavy (non-hydrogen) atoms. The van der Waals surface area contributed by atoms with E-state index >= 15 is 0 Å². The lowest BCUT2D eigenvalue weighted by atomic mass is 9.76. The van der Waals surface area contributed by atoms with Crippen LogP contribution in [0, 0.1) is 11.3 Å². The number of carbonyl (C=O) groups excluding carboxylic acids is 1. The highest BCUT2D eigenvalue weighted by Crippen LogP contribution is 2.35. The van der Waals surface area contributed by atoms with Gasteiger partial charge in [-0.15, -0.1) is 0 Å². The largest absolute Gasteiger partial charge is 0.481 e. The Kier molecular flexibility index (Phi) is 43.5. The summed E-state index contributed by atoms with van der Waals surface area (Å²) in [6.07, 6.45) is 46.6. The van der Waals surface area contributed by atoms with Crippen molar-refractivity contribution in [3.05, 3.63) is 0 Å². The van der Waals surface area contributed by atoms with Crippen molar-refractivity contribution < 1.29 is 19.4 Å². The van der Waals surface area contributed by atoms with E-state index in [1.54, 1.807) is 0 Å². The number of carboxylic acids is 1. The molecule has 0 rings (SSSR count). The minimum atomic E-state index is -0.567. The minimum Gasteiger partial charge on any atom is -0.481 e. The first-order chi connectivity index (χ1) is 25.3. The van der Waals surface area contributed by atoms with Crippen molar-refractivity contribution in [2.24, 2.45) is 11.3 Å². The van der Waals surface area contributed by atoms with Gasteiger partial charge in [0.2, 0.25) is 0 Å². The van der Waals surface area contributed by atoms with Crippen LogP contribution in [-0.4, -0.2) is 23.7 Å². The number of ether oxygens (including phenoxy) is 1. The molecule has 0 amide bonds. The van der Waals surface area contributed by atoms with Gasteiger partial charge >= 0.3 is 11.9 Å². The third-order valence-corrected chi connectivity index (χ3v) is 11.3. The molecular formula is C48H96O4. The zero-order chi connectivity index (χ0) is 38.8. The number of esters is 1. The molecule has 1 N–H and O–H groups in total. The van der Waals surface area contributed by atoms with Gasteiger partial charge in [-0.25, -0.2) is 0 Å². The van der Waals surface area contributed by atoms with Gasteiger partial charge in [0, 0.05) is 6.42 Å². The van der Waals surface area contributed by atoms with Crippen LogP contribution < -0.4 is 0 Å². The molecule has 0 bridgehead atoms. The van der Waals surface area contributed by atoms with Gasteiger partial charge in [-0.2, -0.15) is 0 Å². The van der Waals surface area contributed by atoms with Crippen LogP contribution in [-0.2, 0) is 14.3 Å². The average molecular weight is 737 g/mol. The maximum Gasteiger partial charge on any atom is 0.309 e. The summed E-state index contributed by atoms with van der Waals surface area (Å²) in [6.45, 7) is 13.8. The van der Waals surface area contributed by atoms with E-state index in [0.29, 0.717) is 13.0 Å². The van der Waals surface area contributed by atoms with E-state index < -0.39 is 11.4 Å². The number of unbranched alkanes of at least 4 members (excludes halogenated alkanes) is 28. The van der Waals surface area contributed by atoms with Crippen molar-refractivity contribution in [1.82, 2.24) is 0 Å². The fourth-order valence-corrected chi connectivity index (χ4v) is 7.39. The van der Waals surface area contributed by atoms with Gasteiger partial charge in [-0.1, -0.05) is 241 Å². The average Bonchev–Trinajstić information content (AvgIpc) is 3.13. The molecule has 0 fully saturated rings. The van der Waals surface area contributed by atoms with Crippen LogP contribution in [0.2, 0.25) is 0 Å². The third kappa shape index (κ3) is 38.7. The molecule has 0 saturated carbocycles. The lowest BCUT2D eigenvalue weighted by Crippen LogP contribution is -2.30. The highest BCUT2D eigenvalue weighted by molar-refractivity contribution is 5.74. The first-order valence-electron chi connectivity index (χ1n) is 23.7. The van der Waals surface area contributed by atoms with E-state index in [9.17, 15) is 14.7 Å². The van der Waals surface area contributed by atoms with E-state index in [4.69, 9.17) is 4.74 Å². The number of aliphatic carboxylic acids is 1. The summed E-state index contributed by atoms with van der Waals surface area (Å²) in [5.41, 5.74) is -0.451. The summed E-state index contributed by atoms with van der Waals surface area (Å²) in [5.74, 6) is 0.174. The monoisotopic (exact) mass is 737 g/mol. The normalized spacial score (nSPS) is 12.4. The molecule has 1 atom stereocenters. The van der Waals surface area contributed by atoms with E-state index in [1.807, 2.05) is 6.92 Å². The molecule has 4 heteroatoms. The Bertz CT molecular complexity index is 719. The lowest BCUT2D eigenvalue weighted by Gasteiger charge is -2.28. The summed E-state index contributed by atoms with van der Waals surface area (Å²) in [5, 5.41) is 9.65. The number of carboxylic acid groups (broad SMARTS) is 1. The molecular weight excluding hydrogens is 641 g/mol. The maximum atomic E-state index is 11.7. The Morgan fingerprint density at radius 2 is 0.808 bits per heavy atom. The van der Waals surface area contributed by atoms with E-state index in [2.05, 4.69) is 34.6 Å². The molecule has 0 aromatic heterocycles. The Morgan fingerprint density at radius 3 is 1.15 bits per heavy atom. The molecule has 0 aromatic carbocycles. The summed E-state index contributed by atoms with van der Waals surface area (Å²) >= 11 is 0. The fraction of sp³-hybridized carbons (Fsp3) is 0.958. The zero-order valence-corrected chi connectivity index (χ0v) is 36.6. The van der Waals surface area contributed by atoms with Gasteiger partial charge in [0.25, 0.3) is 0 Å². The van der Waals surface area contributed by atoms with Crippen molar-refractivity contribution >= 4 is 11.9 Å². The highest BCUT2D eigenvalue weighted by atomic mass is 16.5. The summed E-state index contributed by atoms with van der Waals surface area (Å²) in [7, 11) is 0. The first kappa shape index (κ1) is 53.0. The van der Waals surface area contributed by atoms with Gasteiger partial charge in [0.1, 0.15) is 0 Å². The number of hydrogen-bond donors (Lipinski definition) is 1. The molecule has 0 aliphatic rings. The Morgan fingerprint density at radius 1 is 0.462 bits per heavy atom. The molecule has 0 heterocycles. The summed E-state index contributed by atoms with van der Waals surface area (Å²) < 4.78 is 5.32. The van der Waals surface area contributed by atoms with Crippen LogP contribution in [0.3, 0.4) is 0 Å². The Balaban J connectivity index is 0. The van der Waals surface area contributed by atoms with Crippen molar-refractivity contribution in [1.29, 1.82) is 0 Å². The SMILES string of the molecule is CCCCCCCCCCCCCCCCC(CC)(CCCC)C(=O)O.CCCCCCCCCCCCCCCCOC(=O)CCCCC(C)C. The topological polar surface area (TPSA) is 63.6 Å². The lowest BCUT2D eigenvalue weighted by molar-refractivity contribution is -0.150. The van der Waals surface area contributed by atoms with Crippen LogP contribution >= 0.6 is 0 Å². The predicted octanol–water partition coefficient (Wildman–Crippen LogP) is 16.8. The molecule has 0 aliphatic carbocycles. The quantitative estimate of drug-likeness (QED) is 0.0502. The van der Waals surface area contributed by atoms with E-state index in [1.165, 1.54) is 173 Å². The van der Waals surface area contributed by atoms with Crippen molar-refractivity contribution in [2.45, 2.75) is 279 Å². The first-order valence-corrected chi connectivity index (χ1v) is 23.7. The summed E-state index contributed by atoms with van der Waals surface area (Å²) in [6, 6.07) is 0. The van der Waals surface area contributed by atoms with Crippen LogP contribution in [0.4, 0.5) is 0 Å². The molecule has 4 nitrogen and oxygen atoms in total. The van der Waals surface area contributed by atoms with Crippen LogP contribution in [0.1, 0.15) is 279 Å². The standard InChI is InChI=1S/2C24H48O2/c1-4-5-6-7-8-9-10-11-12-13-14-15-16-19-22-26-24(25)21-18-17-20-23(2)3;1-4-7-9-10-11-12-13-14-15-16-17-18-19-20-22-24(6-3,23(25)26)21-8-5-2/h23H,4-22H2,1-3H3;4-22H2,1-3H3,(H,25,26). The van der Waals surface area contributed by atoms with Crippen LogP contribution in [0.5, 0.6) is 0 Å². The Hall–Kier alpha value is -1.06. The van der Waals surface area contributed by atoms with Crippen molar-refractivity contribution in [3.63, 3.8) is 0 Å². The summed E-state index contributed by atoms with van der Waals surface area (Å²) in [4.78, 5) is 23.3. The van der Waals surface area contributed by atoms with E-state index in [0.717, 1.165) is 63.7 Å². The molecule has 0 spiro atoms. The van der Waals surface area contributed by atoms with Gasteiger partial charge in [-0.3, -0.25) is 9.59 Å². The maximum absolute atomic E-state index is 11.7. The third-order valence-electron chi connectivity index (χ3n) is 11.3. The molecule has 0 saturated heterocycles. The fourth-order valence-electron chi connectivity index (χ4n) is 7.39. The molecule has 1 unspecified atom stereocenters. The van der Waals surface area contributed by atoms with Crippen LogP contribution in [0.25, 0.3) is 0 Å². The van der Waals surface area contributed by atoms with Crippen molar-refractivity contribution in [3.8, 4) is 0 Å². The second-order valence-electron chi connectivity index (χ2n) is 16.8. The van der Waals surface area contributed by atoms with Gasteiger partial charge in [0.05, 0.1) is 12.0 Å². The number of rotatable bonds is 40. The minimum absolute atomic E-state index is 0.00319. The van der Waals surface area contributed by atoms with Gasteiger partial charge < -0.3 is 9.84 Å². The molecule has 0 aliphatic heterocycles. The van der Waals surface area contributed by atoms with Crippen molar-refractivity contribution in [2.75, 3.05) is 6.61 Å². The van der Waals surface area contributed by atoms with Gasteiger partial charge in [-0.05, 0) is 38.0 Å². The smallest absolute Gasteiger partial charge is 0.309 e. The second kappa shape index (κ2) is 42.7. The zero-order valence-electron chi connectivity index (χ0n) is 36.6.